The molecule has 0 aromatic heterocycles. The molecule has 6 heteroatoms. The largest absolute Gasteiger partial charge is 0.394 e. The van der Waals surface area contributed by atoms with Gasteiger partial charge in [0, 0.05) is 18.2 Å². The Morgan fingerprint density at radius 3 is 2.89 bits per heavy atom. The molecule has 0 radical (unpaired) electrons. The molecule has 0 aromatic rings. The summed E-state index contributed by atoms with van der Waals surface area (Å²) in [5.41, 5.74) is -1.65. The van der Waals surface area contributed by atoms with E-state index in [0.29, 0.717) is 0 Å². The van der Waals surface area contributed by atoms with Crippen molar-refractivity contribution < 1.29 is 19.0 Å². The molecule has 18 heavy (non-hydrogen) atoms. The highest BCUT2D eigenvalue weighted by molar-refractivity contribution is 5.89. The van der Waals surface area contributed by atoms with E-state index in [1.54, 1.807) is 6.92 Å². The summed E-state index contributed by atoms with van der Waals surface area (Å²) in [6, 6.07) is 0. The second kappa shape index (κ2) is 4.37. The Kier molecular flexibility index (Phi) is 3.16. The number of carbonyl (C=O) groups excluding carboxylic acids is 1. The molecule has 0 spiro atoms. The molecule has 2 heterocycles. The van der Waals surface area contributed by atoms with Crippen molar-refractivity contribution in [2.24, 2.45) is 5.92 Å². The normalized spacial score (nSPS) is 40.2. The van der Waals surface area contributed by atoms with E-state index in [2.05, 4.69) is 11.9 Å². The molecule has 0 unspecified atom stereocenters. The highest BCUT2D eigenvalue weighted by Crippen LogP contribution is 2.41. The summed E-state index contributed by atoms with van der Waals surface area (Å²) in [4.78, 5) is 12.6. The van der Waals surface area contributed by atoms with Gasteiger partial charge in [-0.3, -0.25) is 4.79 Å². The third-order valence-corrected chi connectivity index (χ3v) is 3.63. The van der Waals surface area contributed by atoms with Crippen molar-refractivity contribution in [3.05, 3.63) is 24.7 Å². The first kappa shape index (κ1) is 13.0. The molecule has 0 bridgehead atoms. The predicted octanol–water partition coefficient (Wildman–Crippen LogP) is 0.485. The lowest BCUT2D eigenvalue weighted by Crippen LogP contribution is -2.49. The maximum absolute atomic E-state index is 14.7. The number of rotatable bonds is 2. The molecule has 1 amide bonds. The number of carbonyl (C=O) groups is 1. The van der Waals surface area contributed by atoms with E-state index < -0.39 is 23.9 Å². The van der Waals surface area contributed by atoms with Crippen LogP contribution in [-0.2, 0) is 9.53 Å². The molecule has 5 nitrogen and oxygen atoms in total. The zero-order valence-electron chi connectivity index (χ0n) is 10.4. The third kappa shape index (κ3) is 1.91. The highest BCUT2D eigenvalue weighted by Gasteiger charge is 2.54. The predicted molar refractivity (Wildman–Crippen MR) is 62.7 cm³/mol. The molecular formula is C12H17FN2O3. The van der Waals surface area contributed by atoms with Crippen LogP contribution < -0.4 is 5.32 Å². The number of hydrogen-bond acceptors (Lipinski definition) is 4. The number of halogens is 1. The van der Waals surface area contributed by atoms with Crippen molar-refractivity contribution in [2.45, 2.75) is 31.8 Å². The van der Waals surface area contributed by atoms with Crippen LogP contribution in [0.25, 0.3) is 0 Å². The maximum atomic E-state index is 14.7. The number of nitrogens with one attached hydrogen (secondary N) is 1. The Hall–Kier alpha value is -1.40. The Morgan fingerprint density at radius 2 is 2.39 bits per heavy atom. The van der Waals surface area contributed by atoms with Crippen LogP contribution in [0.2, 0.25) is 0 Å². The van der Waals surface area contributed by atoms with Crippen LogP contribution in [0.4, 0.5) is 4.39 Å². The van der Waals surface area contributed by atoms with Crippen LogP contribution in [0.15, 0.2) is 24.7 Å². The van der Waals surface area contributed by atoms with Crippen molar-refractivity contribution in [3.63, 3.8) is 0 Å². The topological polar surface area (TPSA) is 61.8 Å². The van der Waals surface area contributed by atoms with Crippen molar-refractivity contribution in [1.29, 1.82) is 0 Å². The number of nitrogens with zero attached hydrogens (tertiary/aromatic N) is 1. The number of aliphatic hydroxyl groups is 1. The number of aliphatic hydroxyl groups excluding tert-OH is 1. The van der Waals surface area contributed by atoms with Crippen molar-refractivity contribution >= 4 is 5.91 Å². The van der Waals surface area contributed by atoms with Gasteiger partial charge in [-0.05, 0) is 6.92 Å². The summed E-state index contributed by atoms with van der Waals surface area (Å²) in [5, 5.41) is 11.7. The summed E-state index contributed by atoms with van der Waals surface area (Å²) in [5.74, 6) is -0.491. The molecule has 4 atom stereocenters. The summed E-state index contributed by atoms with van der Waals surface area (Å²) >= 11 is 0. The summed E-state index contributed by atoms with van der Waals surface area (Å²) in [7, 11) is 0. The molecule has 2 N–H and O–H groups in total. The van der Waals surface area contributed by atoms with Crippen molar-refractivity contribution in [1.82, 2.24) is 10.2 Å². The first-order valence-electron chi connectivity index (χ1n) is 5.79. The van der Waals surface area contributed by atoms with Gasteiger partial charge < -0.3 is 20.1 Å². The molecule has 2 aliphatic rings. The minimum atomic E-state index is -1.65. The van der Waals surface area contributed by atoms with E-state index in [1.807, 2.05) is 0 Å². The zero-order valence-corrected chi connectivity index (χ0v) is 10.4. The fraction of sp³-hybridized carbons (Fsp3) is 0.583. The van der Waals surface area contributed by atoms with Gasteiger partial charge in [0.1, 0.15) is 5.82 Å². The minimum absolute atomic E-state index is 0.242. The zero-order chi connectivity index (χ0) is 13.5. The molecular weight excluding hydrogens is 239 g/mol. The average Bonchev–Trinajstić information content (AvgIpc) is 2.52. The first-order valence-corrected chi connectivity index (χ1v) is 5.79. The lowest BCUT2D eigenvalue weighted by Gasteiger charge is -2.36. The Morgan fingerprint density at radius 1 is 1.72 bits per heavy atom. The van der Waals surface area contributed by atoms with Crippen molar-refractivity contribution in [3.8, 4) is 0 Å². The molecule has 1 fully saturated rings. The molecule has 2 rings (SSSR count). The number of ether oxygens (including phenoxy) is 1. The van der Waals surface area contributed by atoms with Crippen LogP contribution in [-0.4, -0.2) is 40.5 Å². The van der Waals surface area contributed by atoms with E-state index in [9.17, 15) is 14.3 Å². The lowest BCUT2D eigenvalue weighted by atomic mass is 9.89. The van der Waals surface area contributed by atoms with Gasteiger partial charge in [-0.25, -0.2) is 4.39 Å². The molecule has 2 aliphatic heterocycles. The number of hydrogen-bond donors (Lipinski definition) is 2. The van der Waals surface area contributed by atoms with E-state index in [-0.39, 0.29) is 18.3 Å². The van der Waals surface area contributed by atoms with Gasteiger partial charge in [0.15, 0.2) is 11.9 Å². The van der Waals surface area contributed by atoms with E-state index in [4.69, 9.17) is 4.74 Å². The molecule has 100 valence electrons. The molecule has 0 saturated carbocycles. The Bertz CT molecular complexity index is 408. The Balaban J connectivity index is 2.26. The van der Waals surface area contributed by atoms with Crippen LogP contribution in [0.3, 0.4) is 0 Å². The van der Waals surface area contributed by atoms with Gasteiger partial charge in [0.25, 0.3) is 5.91 Å². The summed E-state index contributed by atoms with van der Waals surface area (Å²) in [6.07, 6.45) is 1.25. The quantitative estimate of drug-likeness (QED) is 0.754. The second-order valence-electron chi connectivity index (χ2n) is 4.81. The smallest absolute Gasteiger partial charge is 0.250 e. The fourth-order valence-electron chi connectivity index (χ4n) is 2.25. The average molecular weight is 256 g/mol. The van der Waals surface area contributed by atoms with Crippen LogP contribution in [0.5, 0.6) is 0 Å². The van der Waals surface area contributed by atoms with E-state index >= 15 is 0 Å². The van der Waals surface area contributed by atoms with Gasteiger partial charge in [0.05, 0.1) is 12.7 Å². The van der Waals surface area contributed by atoms with Gasteiger partial charge in [-0.15, -0.1) is 0 Å². The molecule has 0 aromatic carbocycles. The SMILES string of the molecule is C=C1NC(=O)C=CN1[C@@H]1O[C@H](CO)[C@@H](C)[C@@]1(C)F. The second-order valence-corrected chi connectivity index (χ2v) is 4.81. The van der Waals surface area contributed by atoms with Gasteiger partial charge in [-0.2, -0.15) is 0 Å². The Labute approximate surface area is 105 Å². The third-order valence-electron chi connectivity index (χ3n) is 3.63. The molecule has 0 aliphatic carbocycles. The van der Waals surface area contributed by atoms with Crippen LogP contribution in [0.1, 0.15) is 13.8 Å². The fourth-order valence-corrected chi connectivity index (χ4v) is 2.25. The first-order chi connectivity index (χ1) is 8.37. The van der Waals surface area contributed by atoms with Crippen LogP contribution >= 0.6 is 0 Å². The summed E-state index contributed by atoms with van der Waals surface area (Å²) < 4.78 is 20.2. The van der Waals surface area contributed by atoms with Crippen molar-refractivity contribution in [2.75, 3.05) is 6.61 Å². The summed E-state index contributed by atoms with van der Waals surface area (Å²) in [6.45, 7) is 6.54. The lowest BCUT2D eigenvalue weighted by molar-refractivity contribution is -0.119. The maximum Gasteiger partial charge on any atom is 0.250 e. The number of amides is 1. The monoisotopic (exact) mass is 256 g/mol. The number of alkyl halides is 1. The van der Waals surface area contributed by atoms with Gasteiger partial charge in [-0.1, -0.05) is 13.5 Å². The standard InChI is InChI=1S/C12H17FN2O3/c1-7-9(6-16)18-11(12(7,3)13)15-5-4-10(17)14-8(15)2/h4-5,7,9,11,16H,2,6H2,1,3H3,(H,14,17)/t7-,9-,11-,12-/m1/s1. The van der Waals surface area contributed by atoms with Gasteiger partial charge in [0.2, 0.25) is 0 Å². The van der Waals surface area contributed by atoms with Crippen LogP contribution in [0, 0.1) is 5.92 Å². The van der Waals surface area contributed by atoms with E-state index in [0.717, 1.165) is 0 Å². The minimum Gasteiger partial charge on any atom is -0.394 e. The van der Waals surface area contributed by atoms with Gasteiger partial charge >= 0.3 is 0 Å². The molecule has 1 saturated heterocycles. The highest BCUT2D eigenvalue weighted by atomic mass is 19.1. The van der Waals surface area contributed by atoms with E-state index in [1.165, 1.54) is 24.1 Å².